The number of hydrogen-bond acceptors (Lipinski definition) is 2. The number of methoxy groups -OCH3 is 1. The van der Waals surface area contributed by atoms with Gasteiger partial charge in [0.25, 0.3) is 0 Å². The van der Waals surface area contributed by atoms with Crippen LogP contribution in [0.2, 0.25) is 0 Å². The van der Waals surface area contributed by atoms with Gasteiger partial charge in [0.15, 0.2) is 0 Å². The van der Waals surface area contributed by atoms with Crippen molar-refractivity contribution in [3.8, 4) is 0 Å². The molecule has 3 heteroatoms. The maximum atomic E-state index is 10.8. The van der Waals surface area contributed by atoms with Crippen LogP contribution in [0.3, 0.4) is 0 Å². The zero-order chi connectivity index (χ0) is 7.56. The standard InChI is InChI=1S/C7H8NO2/c1-5-3-6(4-8-5)7(9)10-2/h3-4H,1-2H3. The summed E-state index contributed by atoms with van der Waals surface area (Å²) in [6, 6.07) is 0. The molecule has 1 aliphatic heterocycles. The van der Waals surface area contributed by atoms with E-state index < -0.39 is 0 Å². The van der Waals surface area contributed by atoms with Crippen LogP contribution in [0, 0.1) is 0 Å². The van der Waals surface area contributed by atoms with E-state index in [1.54, 1.807) is 6.08 Å². The van der Waals surface area contributed by atoms with Crippen molar-refractivity contribution >= 4 is 5.97 Å². The van der Waals surface area contributed by atoms with Gasteiger partial charge in [0.2, 0.25) is 0 Å². The van der Waals surface area contributed by atoms with Crippen molar-refractivity contribution in [3.63, 3.8) is 0 Å². The molecule has 0 saturated heterocycles. The molecule has 0 aromatic carbocycles. The Bertz CT molecular complexity index is 216. The molecule has 0 atom stereocenters. The van der Waals surface area contributed by atoms with Crippen LogP contribution in [0.1, 0.15) is 6.92 Å². The van der Waals surface area contributed by atoms with Gasteiger partial charge in [-0.1, -0.05) is 0 Å². The Kier molecular flexibility index (Phi) is 1.76. The van der Waals surface area contributed by atoms with Crippen LogP contribution in [0.5, 0.6) is 0 Å². The lowest BCUT2D eigenvalue weighted by molar-refractivity contribution is -0.135. The van der Waals surface area contributed by atoms with Crippen molar-refractivity contribution in [1.82, 2.24) is 5.32 Å². The predicted octanol–water partition coefficient (Wildman–Crippen LogP) is 0.565. The van der Waals surface area contributed by atoms with Gasteiger partial charge < -0.3 is 4.74 Å². The highest BCUT2D eigenvalue weighted by Gasteiger charge is 2.11. The minimum atomic E-state index is -0.333. The fourth-order valence-electron chi connectivity index (χ4n) is 0.700. The van der Waals surface area contributed by atoms with Gasteiger partial charge in [-0.05, 0) is 13.0 Å². The van der Waals surface area contributed by atoms with Gasteiger partial charge in [0.05, 0.1) is 12.7 Å². The molecule has 1 rings (SSSR count). The van der Waals surface area contributed by atoms with Crippen LogP contribution >= 0.6 is 0 Å². The first kappa shape index (κ1) is 6.86. The number of rotatable bonds is 1. The lowest BCUT2D eigenvalue weighted by Gasteiger charge is -1.92. The number of carbonyl (C=O) groups is 1. The molecule has 53 valence electrons. The monoisotopic (exact) mass is 138 g/mol. The number of allylic oxidation sites excluding steroid dienone is 1. The van der Waals surface area contributed by atoms with Gasteiger partial charge >= 0.3 is 5.97 Å². The predicted molar refractivity (Wildman–Crippen MR) is 36.0 cm³/mol. The van der Waals surface area contributed by atoms with Crippen LogP contribution in [0.4, 0.5) is 0 Å². The van der Waals surface area contributed by atoms with Crippen molar-refractivity contribution in [3.05, 3.63) is 23.5 Å². The molecular formula is C7H8NO2. The first-order chi connectivity index (χ1) is 4.74. The Balaban J connectivity index is 2.67. The summed E-state index contributed by atoms with van der Waals surface area (Å²) >= 11 is 0. The van der Waals surface area contributed by atoms with Crippen molar-refractivity contribution < 1.29 is 9.53 Å². The van der Waals surface area contributed by atoms with Gasteiger partial charge in [-0.3, -0.25) is 5.32 Å². The molecular weight excluding hydrogens is 130 g/mol. The first-order valence-corrected chi connectivity index (χ1v) is 2.91. The van der Waals surface area contributed by atoms with E-state index in [-0.39, 0.29) is 5.97 Å². The molecule has 0 spiro atoms. The number of nitrogens with zero attached hydrogens (tertiary/aromatic N) is 1. The van der Waals surface area contributed by atoms with Crippen LogP contribution in [-0.4, -0.2) is 13.1 Å². The Morgan fingerprint density at radius 3 is 2.80 bits per heavy atom. The third-order valence-corrected chi connectivity index (χ3v) is 1.19. The second kappa shape index (κ2) is 2.56. The number of hydrogen-bond donors (Lipinski definition) is 0. The van der Waals surface area contributed by atoms with Crippen LogP contribution < -0.4 is 5.32 Å². The van der Waals surface area contributed by atoms with Crippen LogP contribution in [0.25, 0.3) is 0 Å². The van der Waals surface area contributed by atoms with E-state index in [1.807, 2.05) is 6.92 Å². The molecule has 0 aromatic heterocycles. The van der Waals surface area contributed by atoms with E-state index in [0.717, 1.165) is 5.70 Å². The number of carbonyl (C=O) groups excluding carboxylic acids is 1. The van der Waals surface area contributed by atoms with Crippen molar-refractivity contribution in [1.29, 1.82) is 0 Å². The van der Waals surface area contributed by atoms with Crippen molar-refractivity contribution in [2.75, 3.05) is 7.11 Å². The maximum Gasteiger partial charge on any atom is 0.339 e. The van der Waals surface area contributed by atoms with Gasteiger partial charge in [-0.15, -0.1) is 0 Å². The van der Waals surface area contributed by atoms with E-state index >= 15 is 0 Å². The molecule has 0 amide bonds. The van der Waals surface area contributed by atoms with Gasteiger partial charge in [0, 0.05) is 11.9 Å². The summed E-state index contributed by atoms with van der Waals surface area (Å²) in [6.07, 6.45) is 3.19. The largest absolute Gasteiger partial charge is 0.465 e. The molecule has 10 heavy (non-hydrogen) atoms. The van der Waals surface area contributed by atoms with Gasteiger partial charge in [0.1, 0.15) is 0 Å². The third kappa shape index (κ3) is 1.18. The molecule has 1 radical (unpaired) electrons. The van der Waals surface area contributed by atoms with Crippen LogP contribution in [0.15, 0.2) is 23.5 Å². The average Bonchev–Trinajstić information content (AvgIpc) is 2.34. The van der Waals surface area contributed by atoms with E-state index in [4.69, 9.17) is 0 Å². The molecule has 0 unspecified atom stereocenters. The molecule has 0 aliphatic carbocycles. The second-order valence-corrected chi connectivity index (χ2v) is 1.99. The smallest absolute Gasteiger partial charge is 0.339 e. The molecule has 0 fully saturated rings. The summed E-state index contributed by atoms with van der Waals surface area (Å²) < 4.78 is 4.47. The second-order valence-electron chi connectivity index (χ2n) is 1.99. The highest BCUT2D eigenvalue weighted by Crippen LogP contribution is 2.09. The average molecular weight is 138 g/mol. The van der Waals surface area contributed by atoms with Crippen molar-refractivity contribution in [2.24, 2.45) is 0 Å². The molecule has 0 saturated carbocycles. The maximum absolute atomic E-state index is 10.8. The Morgan fingerprint density at radius 1 is 1.70 bits per heavy atom. The first-order valence-electron chi connectivity index (χ1n) is 2.91. The zero-order valence-corrected chi connectivity index (χ0v) is 5.92. The summed E-state index contributed by atoms with van der Waals surface area (Å²) in [6.45, 7) is 1.83. The van der Waals surface area contributed by atoms with E-state index in [2.05, 4.69) is 10.1 Å². The molecule has 0 bridgehead atoms. The minimum absolute atomic E-state index is 0.333. The SMILES string of the molecule is COC(=O)C1=C[N]C(C)=C1. The summed E-state index contributed by atoms with van der Waals surface area (Å²) in [5.41, 5.74) is 1.35. The highest BCUT2D eigenvalue weighted by molar-refractivity contribution is 5.92. The third-order valence-electron chi connectivity index (χ3n) is 1.19. The lowest BCUT2D eigenvalue weighted by Crippen LogP contribution is -2.00. The molecule has 0 N–H and O–H groups in total. The zero-order valence-electron chi connectivity index (χ0n) is 5.92. The number of ether oxygens (including phenoxy) is 1. The van der Waals surface area contributed by atoms with E-state index in [9.17, 15) is 4.79 Å². The molecule has 0 aromatic rings. The lowest BCUT2D eigenvalue weighted by atomic mass is 10.3. The molecule has 1 aliphatic rings. The Morgan fingerprint density at radius 2 is 2.40 bits per heavy atom. The molecule has 1 heterocycles. The fraction of sp³-hybridized carbons (Fsp3) is 0.286. The number of esters is 1. The van der Waals surface area contributed by atoms with Crippen LogP contribution in [-0.2, 0) is 9.53 Å². The van der Waals surface area contributed by atoms with Crippen molar-refractivity contribution in [2.45, 2.75) is 6.92 Å². The Hall–Kier alpha value is -1.25. The van der Waals surface area contributed by atoms with Gasteiger partial charge in [-0.25, -0.2) is 4.79 Å². The molecule has 3 nitrogen and oxygen atoms in total. The van der Waals surface area contributed by atoms with Gasteiger partial charge in [-0.2, -0.15) is 0 Å². The van der Waals surface area contributed by atoms with E-state index in [1.165, 1.54) is 13.3 Å². The minimum Gasteiger partial charge on any atom is -0.465 e. The quantitative estimate of drug-likeness (QED) is 0.497. The fourth-order valence-corrected chi connectivity index (χ4v) is 0.700. The van der Waals surface area contributed by atoms with E-state index in [0.29, 0.717) is 5.57 Å². The summed E-state index contributed by atoms with van der Waals surface area (Å²) in [4.78, 5) is 10.8. The highest BCUT2D eigenvalue weighted by atomic mass is 16.5. The topological polar surface area (TPSA) is 40.4 Å². The normalized spacial score (nSPS) is 15.4. The summed E-state index contributed by atoms with van der Waals surface area (Å²) in [5, 5.41) is 3.88. The summed E-state index contributed by atoms with van der Waals surface area (Å²) in [7, 11) is 1.35. The summed E-state index contributed by atoms with van der Waals surface area (Å²) in [5.74, 6) is -0.333. The Labute approximate surface area is 59.4 Å².